The van der Waals surface area contributed by atoms with E-state index in [2.05, 4.69) is 10.3 Å². The first kappa shape index (κ1) is 18.0. The Labute approximate surface area is 163 Å². The van der Waals surface area contributed by atoms with Crippen molar-refractivity contribution in [3.63, 3.8) is 0 Å². The van der Waals surface area contributed by atoms with Gasteiger partial charge in [0.25, 0.3) is 0 Å². The fourth-order valence-corrected chi connectivity index (χ4v) is 3.51. The molecular weight excluding hydrogens is 350 g/mol. The lowest BCUT2D eigenvalue weighted by atomic mass is 10.1. The molecule has 0 bridgehead atoms. The molecule has 0 radical (unpaired) electrons. The van der Waals surface area contributed by atoms with Gasteiger partial charge in [-0.05, 0) is 50.1 Å². The van der Waals surface area contributed by atoms with E-state index in [0.29, 0.717) is 0 Å². The van der Waals surface area contributed by atoms with Gasteiger partial charge in [-0.15, -0.1) is 0 Å². The zero-order valence-electron chi connectivity index (χ0n) is 16.3. The molecule has 0 saturated heterocycles. The van der Waals surface area contributed by atoms with Crippen LogP contribution < -0.4 is 5.32 Å². The summed E-state index contributed by atoms with van der Waals surface area (Å²) in [4.78, 5) is 17.4. The minimum Gasteiger partial charge on any atom is -0.348 e. The van der Waals surface area contributed by atoms with E-state index in [4.69, 9.17) is 5.10 Å². The minimum atomic E-state index is -0.0965. The summed E-state index contributed by atoms with van der Waals surface area (Å²) in [6, 6.07) is 15.8. The van der Waals surface area contributed by atoms with Crippen molar-refractivity contribution in [1.29, 1.82) is 0 Å². The molecule has 0 aliphatic rings. The number of carbonyl (C=O) groups is 1. The van der Waals surface area contributed by atoms with Gasteiger partial charge in [-0.1, -0.05) is 30.3 Å². The SMILES string of the molecule is Cc1cc(C)c2c(-n3cccc3)nn(CC(=O)NC(C)c3ccccc3)c2n1. The fourth-order valence-electron chi connectivity index (χ4n) is 3.51. The molecule has 4 rings (SSSR count). The number of nitrogens with one attached hydrogen (secondary N) is 1. The van der Waals surface area contributed by atoms with Gasteiger partial charge in [0.05, 0.1) is 11.4 Å². The van der Waals surface area contributed by atoms with E-state index in [1.807, 2.05) is 86.3 Å². The van der Waals surface area contributed by atoms with Gasteiger partial charge in [-0.2, -0.15) is 5.10 Å². The maximum atomic E-state index is 12.7. The van der Waals surface area contributed by atoms with Crippen molar-refractivity contribution in [2.45, 2.75) is 33.4 Å². The van der Waals surface area contributed by atoms with Gasteiger partial charge in [0, 0.05) is 18.1 Å². The lowest BCUT2D eigenvalue weighted by Crippen LogP contribution is -2.30. The summed E-state index contributed by atoms with van der Waals surface area (Å²) in [6.07, 6.45) is 3.89. The van der Waals surface area contributed by atoms with Crippen molar-refractivity contribution >= 4 is 16.9 Å². The molecule has 0 spiro atoms. The van der Waals surface area contributed by atoms with Crippen LogP contribution in [0.3, 0.4) is 0 Å². The molecule has 1 unspecified atom stereocenters. The lowest BCUT2D eigenvalue weighted by Gasteiger charge is -2.14. The van der Waals surface area contributed by atoms with E-state index in [1.54, 1.807) is 4.68 Å². The van der Waals surface area contributed by atoms with Gasteiger partial charge in [-0.25, -0.2) is 9.67 Å². The van der Waals surface area contributed by atoms with Gasteiger partial charge in [0.15, 0.2) is 11.5 Å². The highest BCUT2D eigenvalue weighted by Crippen LogP contribution is 2.25. The molecule has 6 heteroatoms. The topological polar surface area (TPSA) is 64.7 Å². The number of carbonyl (C=O) groups excluding carboxylic acids is 1. The Bertz CT molecular complexity index is 1110. The average molecular weight is 373 g/mol. The number of amides is 1. The smallest absolute Gasteiger partial charge is 0.242 e. The van der Waals surface area contributed by atoms with Crippen molar-refractivity contribution in [2.75, 3.05) is 0 Å². The van der Waals surface area contributed by atoms with Gasteiger partial charge in [0.2, 0.25) is 5.91 Å². The first-order valence-corrected chi connectivity index (χ1v) is 9.35. The van der Waals surface area contributed by atoms with Crippen LogP contribution in [0.25, 0.3) is 16.9 Å². The number of rotatable bonds is 5. The number of hydrogen-bond acceptors (Lipinski definition) is 3. The Kier molecular flexibility index (Phi) is 4.69. The van der Waals surface area contributed by atoms with Gasteiger partial charge in [-0.3, -0.25) is 4.79 Å². The summed E-state index contributed by atoms with van der Waals surface area (Å²) in [5.41, 5.74) is 3.79. The molecule has 142 valence electrons. The number of pyridine rings is 1. The Morgan fingerprint density at radius 3 is 2.54 bits per heavy atom. The van der Waals surface area contributed by atoms with Crippen LogP contribution in [0.15, 0.2) is 60.9 Å². The Morgan fingerprint density at radius 2 is 1.82 bits per heavy atom. The van der Waals surface area contributed by atoms with Crippen LogP contribution >= 0.6 is 0 Å². The number of hydrogen-bond donors (Lipinski definition) is 1. The van der Waals surface area contributed by atoms with E-state index in [0.717, 1.165) is 33.7 Å². The number of nitrogens with zero attached hydrogens (tertiary/aromatic N) is 4. The molecular formula is C22H23N5O. The molecule has 1 amide bonds. The molecule has 1 atom stereocenters. The molecule has 0 aliphatic heterocycles. The van der Waals surface area contributed by atoms with Crippen LogP contribution in [0.4, 0.5) is 0 Å². The minimum absolute atomic E-state index is 0.0733. The van der Waals surface area contributed by atoms with Gasteiger partial charge < -0.3 is 9.88 Å². The maximum Gasteiger partial charge on any atom is 0.242 e. The maximum absolute atomic E-state index is 12.7. The molecule has 3 heterocycles. The molecule has 1 aromatic carbocycles. The largest absolute Gasteiger partial charge is 0.348 e. The molecule has 1 N–H and O–H groups in total. The van der Waals surface area contributed by atoms with Crippen LogP contribution in [0.1, 0.15) is 29.8 Å². The Hall–Kier alpha value is -3.41. The number of benzene rings is 1. The van der Waals surface area contributed by atoms with Crippen molar-refractivity contribution < 1.29 is 4.79 Å². The van der Waals surface area contributed by atoms with E-state index in [1.165, 1.54) is 0 Å². The average Bonchev–Trinajstić information content (AvgIpc) is 3.31. The van der Waals surface area contributed by atoms with Crippen molar-refractivity contribution in [2.24, 2.45) is 0 Å². The van der Waals surface area contributed by atoms with E-state index in [9.17, 15) is 4.79 Å². The van der Waals surface area contributed by atoms with Crippen molar-refractivity contribution in [1.82, 2.24) is 24.6 Å². The summed E-state index contributed by atoms with van der Waals surface area (Å²) >= 11 is 0. The summed E-state index contributed by atoms with van der Waals surface area (Å²) in [6.45, 7) is 6.10. The van der Waals surface area contributed by atoms with Crippen LogP contribution in [-0.4, -0.2) is 25.2 Å². The van der Waals surface area contributed by atoms with Gasteiger partial charge >= 0.3 is 0 Å². The summed E-state index contributed by atoms with van der Waals surface area (Å²) < 4.78 is 3.64. The molecule has 0 saturated carbocycles. The third-order valence-corrected chi connectivity index (χ3v) is 4.83. The predicted octanol–water partition coefficient (Wildman–Crippen LogP) is 3.72. The van der Waals surface area contributed by atoms with Gasteiger partial charge in [0.1, 0.15) is 6.54 Å². The molecule has 4 aromatic rings. The highest BCUT2D eigenvalue weighted by molar-refractivity contribution is 5.88. The zero-order chi connectivity index (χ0) is 19.7. The quantitative estimate of drug-likeness (QED) is 0.580. The highest BCUT2D eigenvalue weighted by atomic mass is 16.2. The monoisotopic (exact) mass is 373 g/mol. The summed E-state index contributed by atoms with van der Waals surface area (Å²) in [5, 5.41) is 8.72. The fraction of sp³-hybridized carbons (Fsp3) is 0.227. The number of aryl methyl sites for hydroxylation is 2. The van der Waals surface area contributed by atoms with Crippen LogP contribution in [0.2, 0.25) is 0 Å². The Morgan fingerprint density at radius 1 is 1.11 bits per heavy atom. The third-order valence-electron chi connectivity index (χ3n) is 4.83. The number of aromatic nitrogens is 4. The van der Waals surface area contributed by atoms with E-state index >= 15 is 0 Å². The molecule has 28 heavy (non-hydrogen) atoms. The second-order valence-corrected chi connectivity index (χ2v) is 7.05. The molecule has 3 aromatic heterocycles. The highest BCUT2D eigenvalue weighted by Gasteiger charge is 2.18. The zero-order valence-corrected chi connectivity index (χ0v) is 16.3. The molecule has 0 aliphatic carbocycles. The Balaban J connectivity index is 1.66. The van der Waals surface area contributed by atoms with Crippen LogP contribution in [-0.2, 0) is 11.3 Å². The first-order chi connectivity index (χ1) is 13.5. The predicted molar refractivity (Wildman–Crippen MR) is 109 cm³/mol. The lowest BCUT2D eigenvalue weighted by molar-refractivity contribution is -0.122. The third kappa shape index (κ3) is 3.41. The van der Waals surface area contributed by atoms with Crippen molar-refractivity contribution in [3.8, 4) is 5.82 Å². The van der Waals surface area contributed by atoms with E-state index in [-0.39, 0.29) is 18.5 Å². The summed E-state index contributed by atoms with van der Waals surface area (Å²) in [7, 11) is 0. The second kappa shape index (κ2) is 7.31. The van der Waals surface area contributed by atoms with E-state index < -0.39 is 0 Å². The normalized spacial score (nSPS) is 12.2. The summed E-state index contributed by atoms with van der Waals surface area (Å²) in [5.74, 6) is 0.690. The van der Waals surface area contributed by atoms with Crippen LogP contribution in [0.5, 0.6) is 0 Å². The molecule has 0 fully saturated rings. The number of fused-ring (bicyclic) bond motifs is 1. The standard InChI is InChI=1S/C22H23N5O/c1-15-13-16(2)23-21-20(15)22(26-11-7-8-12-26)25-27(21)14-19(28)24-17(3)18-9-5-4-6-10-18/h4-13,17H,14H2,1-3H3,(H,24,28). The van der Waals surface area contributed by atoms with Crippen LogP contribution in [0, 0.1) is 13.8 Å². The molecule has 6 nitrogen and oxygen atoms in total. The van der Waals surface area contributed by atoms with Crippen molar-refractivity contribution in [3.05, 3.63) is 77.7 Å². The first-order valence-electron chi connectivity index (χ1n) is 9.35. The second-order valence-electron chi connectivity index (χ2n) is 7.05.